The third-order valence-corrected chi connectivity index (χ3v) is 4.29. The number of rotatable bonds is 8. The van der Waals surface area contributed by atoms with E-state index in [0.717, 1.165) is 42.0 Å². The molecule has 5 heteroatoms. The molecule has 0 radical (unpaired) electrons. The quantitative estimate of drug-likeness (QED) is 0.500. The van der Waals surface area contributed by atoms with E-state index in [2.05, 4.69) is 20.8 Å². The van der Waals surface area contributed by atoms with Crippen molar-refractivity contribution in [1.29, 1.82) is 0 Å². The zero-order valence-corrected chi connectivity index (χ0v) is 15.9. The zero-order valence-electron chi connectivity index (χ0n) is 15.9. The lowest BCUT2D eigenvalue weighted by atomic mass is 10.0. The summed E-state index contributed by atoms with van der Waals surface area (Å²) in [4.78, 5) is 13.5. The molecule has 2 rings (SSSR count). The number of urea groups is 1. The van der Waals surface area contributed by atoms with Crippen LogP contribution in [0.15, 0.2) is 42.5 Å². The Hall–Kier alpha value is -2.69. The summed E-state index contributed by atoms with van der Waals surface area (Å²) in [6.07, 6.45) is 3.09. The van der Waals surface area contributed by atoms with Crippen LogP contribution in [0.5, 0.6) is 11.5 Å². The number of nitrogens with two attached hydrogens (primary N) is 2. The van der Waals surface area contributed by atoms with Crippen molar-refractivity contribution >= 4 is 17.4 Å². The van der Waals surface area contributed by atoms with Gasteiger partial charge in [0.25, 0.3) is 0 Å². The largest absolute Gasteiger partial charge is 0.457 e. The number of nitrogens with zero attached hydrogens (tertiary/aromatic N) is 1. The summed E-state index contributed by atoms with van der Waals surface area (Å²) in [5.74, 6) is 1.74. The second-order valence-electron chi connectivity index (χ2n) is 6.74. The first-order valence-corrected chi connectivity index (χ1v) is 9.16. The van der Waals surface area contributed by atoms with Gasteiger partial charge in [-0.2, -0.15) is 0 Å². The van der Waals surface area contributed by atoms with E-state index in [4.69, 9.17) is 16.2 Å². The Morgan fingerprint density at radius 2 is 1.81 bits per heavy atom. The molecule has 26 heavy (non-hydrogen) atoms. The number of benzene rings is 2. The first kappa shape index (κ1) is 19.6. The van der Waals surface area contributed by atoms with Gasteiger partial charge in [0.05, 0.1) is 0 Å². The van der Waals surface area contributed by atoms with Gasteiger partial charge in [-0.3, -0.25) is 4.90 Å². The fourth-order valence-electron chi connectivity index (χ4n) is 2.80. The molecule has 0 heterocycles. The van der Waals surface area contributed by atoms with E-state index in [0.29, 0.717) is 12.2 Å². The van der Waals surface area contributed by atoms with Crippen molar-refractivity contribution in [3.8, 4) is 11.5 Å². The lowest BCUT2D eigenvalue weighted by molar-refractivity contribution is 0.253. The van der Waals surface area contributed by atoms with Gasteiger partial charge in [0, 0.05) is 17.9 Å². The number of hydrogen-bond acceptors (Lipinski definition) is 3. The van der Waals surface area contributed by atoms with Crippen molar-refractivity contribution < 1.29 is 9.53 Å². The molecule has 2 amide bonds. The number of amides is 2. The number of anilines is 2. The summed E-state index contributed by atoms with van der Waals surface area (Å²) in [5.41, 5.74) is 13.9. The van der Waals surface area contributed by atoms with Crippen LogP contribution < -0.4 is 21.1 Å². The third kappa shape index (κ3) is 5.15. The number of nitrogen functional groups attached to an aromatic ring is 1. The van der Waals surface area contributed by atoms with Crippen LogP contribution in [-0.4, -0.2) is 12.6 Å². The van der Waals surface area contributed by atoms with Crippen LogP contribution in [0.4, 0.5) is 16.2 Å². The Kier molecular flexibility index (Phi) is 6.89. The number of hydrogen-bond donors (Lipinski definition) is 2. The first-order chi connectivity index (χ1) is 12.4. The van der Waals surface area contributed by atoms with Gasteiger partial charge in [0.2, 0.25) is 0 Å². The van der Waals surface area contributed by atoms with E-state index in [-0.39, 0.29) is 5.92 Å². The van der Waals surface area contributed by atoms with Crippen LogP contribution in [0, 0.1) is 0 Å². The Morgan fingerprint density at radius 3 is 2.38 bits per heavy atom. The summed E-state index contributed by atoms with van der Waals surface area (Å²) in [6, 6.07) is 12.6. The van der Waals surface area contributed by atoms with Crippen molar-refractivity contribution in [2.45, 2.75) is 46.0 Å². The molecular weight excluding hydrogens is 326 g/mol. The van der Waals surface area contributed by atoms with Gasteiger partial charge in [-0.1, -0.05) is 33.6 Å². The Bertz CT molecular complexity index is 727. The number of primary amides is 1. The van der Waals surface area contributed by atoms with E-state index >= 15 is 0 Å². The van der Waals surface area contributed by atoms with Crippen molar-refractivity contribution in [1.82, 2.24) is 0 Å². The molecule has 0 aromatic heterocycles. The van der Waals surface area contributed by atoms with Crippen molar-refractivity contribution in [2.75, 3.05) is 17.2 Å². The van der Waals surface area contributed by atoms with Gasteiger partial charge in [-0.15, -0.1) is 0 Å². The Balaban J connectivity index is 2.28. The molecule has 2 aromatic carbocycles. The predicted molar refractivity (Wildman–Crippen MR) is 108 cm³/mol. The second-order valence-corrected chi connectivity index (χ2v) is 6.74. The monoisotopic (exact) mass is 355 g/mol. The molecule has 4 N–H and O–H groups in total. The zero-order chi connectivity index (χ0) is 19.1. The number of carbonyl (C=O) groups excluding carboxylic acids is 1. The van der Waals surface area contributed by atoms with Crippen molar-refractivity contribution in [3.63, 3.8) is 0 Å². The molecule has 5 nitrogen and oxygen atoms in total. The summed E-state index contributed by atoms with van der Waals surface area (Å²) in [7, 11) is 0. The van der Waals surface area contributed by atoms with Crippen LogP contribution in [-0.2, 0) is 0 Å². The van der Waals surface area contributed by atoms with Crippen molar-refractivity contribution in [2.24, 2.45) is 5.73 Å². The minimum absolute atomic E-state index is 0.240. The van der Waals surface area contributed by atoms with Gasteiger partial charge in [0.1, 0.15) is 11.5 Å². The lowest BCUT2D eigenvalue weighted by Crippen LogP contribution is -2.36. The highest BCUT2D eigenvalue weighted by Crippen LogP contribution is 2.34. The summed E-state index contributed by atoms with van der Waals surface area (Å²) in [5, 5.41) is 0. The minimum atomic E-state index is -0.428. The van der Waals surface area contributed by atoms with Crippen LogP contribution >= 0.6 is 0 Å². The molecule has 0 aliphatic heterocycles. The Labute approximate surface area is 155 Å². The maximum Gasteiger partial charge on any atom is 0.319 e. The second kappa shape index (κ2) is 9.13. The number of unbranched alkanes of at least 4 members (excludes halogenated alkanes) is 2. The van der Waals surface area contributed by atoms with E-state index in [9.17, 15) is 4.79 Å². The maximum atomic E-state index is 11.9. The summed E-state index contributed by atoms with van der Waals surface area (Å²) >= 11 is 0. The number of carbonyl (C=O) groups is 1. The standard InChI is InChI=1S/C21H29N3O2/c1-4-5-6-13-24(21(23)25)17-9-12-20(19(14-17)15(2)3)26-18-10-7-16(22)8-11-18/h7-12,14-15H,4-6,13,22H2,1-3H3,(H2,23,25). The molecule has 0 fully saturated rings. The van der Waals surface area contributed by atoms with Gasteiger partial charge in [0.15, 0.2) is 0 Å². The molecule has 0 saturated heterocycles. The predicted octanol–water partition coefficient (Wildman–Crippen LogP) is 5.26. The fraction of sp³-hybridized carbons (Fsp3) is 0.381. The Morgan fingerprint density at radius 1 is 1.12 bits per heavy atom. The molecule has 0 aliphatic rings. The molecular formula is C21H29N3O2. The fourth-order valence-corrected chi connectivity index (χ4v) is 2.80. The molecule has 0 unspecified atom stereocenters. The molecule has 0 spiro atoms. The smallest absolute Gasteiger partial charge is 0.319 e. The van der Waals surface area contributed by atoms with Gasteiger partial charge in [-0.25, -0.2) is 4.79 Å². The molecule has 0 atom stereocenters. The maximum absolute atomic E-state index is 11.9. The molecule has 140 valence electrons. The van der Waals surface area contributed by atoms with E-state index in [1.54, 1.807) is 17.0 Å². The van der Waals surface area contributed by atoms with Crippen LogP contribution in [0.2, 0.25) is 0 Å². The normalized spacial score (nSPS) is 10.8. The van der Waals surface area contributed by atoms with Gasteiger partial charge in [-0.05, 0) is 60.4 Å². The summed E-state index contributed by atoms with van der Waals surface area (Å²) in [6.45, 7) is 6.95. The van der Waals surface area contributed by atoms with Crippen molar-refractivity contribution in [3.05, 3.63) is 48.0 Å². The average molecular weight is 355 g/mol. The van der Waals surface area contributed by atoms with Crippen LogP contribution in [0.3, 0.4) is 0 Å². The van der Waals surface area contributed by atoms with E-state index in [1.807, 2.05) is 30.3 Å². The molecule has 0 saturated carbocycles. The topological polar surface area (TPSA) is 81.6 Å². The van der Waals surface area contributed by atoms with E-state index in [1.165, 1.54) is 0 Å². The average Bonchev–Trinajstić information content (AvgIpc) is 2.61. The highest BCUT2D eigenvalue weighted by atomic mass is 16.5. The molecule has 2 aromatic rings. The highest BCUT2D eigenvalue weighted by molar-refractivity contribution is 5.90. The number of ether oxygens (including phenoxy) is 1. The SMILES string of the molecule is CCCCCN(C(N)=O)c1ccc(Oc2ccc(N)cc2)c(C(C)C)c1. The third-order valence-electron chi connectivity index (χ3n) is 4.29. The van der Waals surface area contributed by atoms with Crippen LogP contribution in [0.1, 0.15) is 51.5 Å². The van der Waals surface area contributed by atoms with Gasteiger partial charge < -0.3 is 16.2 Å². The first-order valence-electron chi connectivity index (χ1n) is 9.16. The minimum Gasteiger partial charge on any atom is -0.457 e. The van der Waals surface area contributed by atoms with Crippen LogP contribution in [0.25, 0.3) is 0 Å². The summed E-state index contributed by atoms with van der Waals surface area (Å²) < 4.78 is 6.03. The molecule has 0 bridgehead atoms. The van der Waals surface area contributed by atoms with Gasteiger partial charge >= 0.3 is 6.03 Å². The lowest BCUT2D eigenvalue weighted by Gasteiger charge is -2.23. The highest BCUT2D eigenvalue weighted by Gasteiger charge is 2.16. The molecule has 0 aliphatic carbocycles. The van der Waals surface area contributed by atoms with E-state index < -0.39 is 6.03 Å².